The predicted octanol–water partition coefficient (Wildman–Crippen LogP) is 1.03. The molecule has 1 aliphatic heterocycles. The van der Waals surface area contributed by atoms with E-state index in [4.69, 9.17) is 19.8 Å². The van der Waals surface area contributed by atoms with Crippen molar-refractivity contribution in [1.82, 2.24) is 4.90 Å². The number of hydrogen-bond donors (Lipinski definition) is 1. The molecule has 1 amide bonds. The Morgan fingerprint density at radius 1 is 1.30 bits per heavy atom. The smallest absolute Gasteiger partial charge is 0.323 e. The zero-order chi connectivity index (χ0) is 16.7. The lowest BCUT2D eigenvalue weighted by atomic mass is 10.1. The fourth-order valence-electron chi connectivity index (χ4n) is 2.42. The van der Waals surface area contributed by atoms with Gasteiger partial charge >= 0.3 is 5.97 Å². The first-order chi connectivity index (χ1) is 11.1. The molecule has 0 atom stereocenters. The molecule has 2 rings (SSSR count). The molecule has 1 heterocycles. The zero-order valence-electron chi connectivity index (χ0n) is 12.6. The second kappa shape index (κ2) is 8.15. The molecule has 1 saturated heterocycles. The van der Waals surface area contributed by atoms with Crippen LogP contribution < -0.4 is 4.74 Å². The number of rotatable bonds is 6. The molecule has 1 aromatic rings. The standard InChI is InChI=1S/C16H18N2O5/c17-9-12-1-3-14(4-2-12)23-11-15(19)18(10-16(20)21)13-5-7-22-8-6-13/h1-4,13H,5-8,10-11H2,(H,20,21). The third-order valence-corrected chi connectivity index (χ3v) is 3.60. The van der Waals surface area contributed by atoms with Gasteiger partial charge in [-0.15, -0.1) is 0 Å². The van der Waals surface area contributed by atoms with Crippen molar-refractivity contribution in [3.8, 4) is 11.8 Å². The van der Waals surface area contributed by atoms with Crippen molar-refractivity contribution in [2.45, 2.75) is 18.9 Å². The molecule has 0 aliphatic carbocycles. The lowest BCUT2D eigenvalue weighted by molar-refractivity contribution is -0.148. The van der Waals surface area contributed by atoms with Crippen molar-refractivity contribution in [3.63, 3.8) is 0 Å². The maximum atomic E-state index is 12.3. The average Bonchev–Trinajstić information content (AvgIpc) is 2.58. The van der Waals surface area contributed by atoms with E-state index in [9.17, 15) is 9.59 Å². The Morgan fingerprint density at radius 2 is 1.96 bits per heavy atom. The number of hydrogen-bond acceptors (Lipinski definition) is 5. The average molecular weight is 318 g/mol. The van der Waals surface area contributed by atoms with E-state index in [1.54, 1.807) is 24.3 Å². The van der Waals surface area contributed by atoms with Crippen LogP contribution in [0.25, 0.3) is 0 Å². The first-order valence-electron chi connectivity index (χ1n) is 7.32. The van der Waals surface area contributed by atoms with Crippen LogP contribution in [-0.4, -0.2) is 54.3 Å². The molecule has 7 heteroatoms. The number of carbonyl (C=O) groups is 2. The van der Waals surface area contributed by atoms with Crippen molar-refractivity contribution in [1.29, 1.82) is 5.26 Å². The third kappa shape index (κ3) is 4.97. The number of ether oxygens (including phenoxy) is 2. The quantitative estimate of drug-likeness (QED) is 0.841. The molecule has 122 valence electrons. The molecule has 1 fully saturated rings. The van der Waals surface area contributed by atoms with Crippen LogP contribution in [0.3, 0.4) is 0 Å². The summed E-state index contributed by atoms with van der Waals surface area (Å²) in [6.07, 6.45) is 1.24. The normalized spacial score (nSPS) is 14.7. The summed E-state index contributed by atoms with van der Waals surface area (Å²) in [6.45, 7) is 0.450. The number of carboxylic acid groups (broad SMARTS) is 1. The summed E-state index contributed by atoms with van der Waals surface area (Å²) in [5.74, 6) is -0.966. The summed E-state index contributed by atoms with van der Waals surface area (Å²) in [6, 6.07) is 8.23. The minimum absolute atomic E-state index is 0.142. The lowest BCUT2D eigenvalue weighted by Gasteiger charge is -2.33. The zero-order valence-corrected chi connectivity index (χ0v) is 12.6. The molecule has 1 aromatic carbocycles. The van der Waals surface area contributed by atoms with E-state index in [1.165, 1.54) is 4.90 Å². The first kappa shape index (κ1) is 16.8. The van der Waals surface area contributed by atoms with Gasteiger partial charge in [-0.2, -0.15) is 5.26 Å². The summed E-state index contributed by atoms with van der Waals surface area (Å²) < 4.78 is 10.6. The van der Waals surface area contributed by atoms with Crippen molar-refractivity contribution in [2.75, 3.05) is 26.4 Å². The van der Waals surface area contributed by atoms with Crippen LogP contribution in [0, 0.1) is 11.3 Å². The van der Waals surface area contributed by atoms with Crippen LogP contribution in [0.1, 0.15) is 18.4 Å². The molecule has 1 aliphatic rings. The summed E-state index contributed by atoms with van der Waals surface area (Å²) in [4.78, 5) is 24.7. The van der Waals surface area contributed by atoms with Crippen LogP contribution in [-0.2, 0) is 14.3 Å². The van der Waals surface area contributed by atoms with Crippen LogP contribution >= 0.6 is 0 Å². The highest BCUT2D eigenvalue weighted by molar-refractivity contribution is 5.82. The van der Waals surface area contributed by atoms with E-state index in [0.717, 1.165) is 0 Å². The molecule has 0 spiro atoms. The molecule has 0 saturated carbocycles. The molecular weight excluding hydrogens is 300 g/mol. The Kier molecular flexibility index (Phi) is 5.94. The largest absolute Gasteiger partial charge is 0.484 e. The van der Waals surface area contributed by atoms with Crippen molar-refractivity contribution < 1.29 is 24.2 Å². The summed E-state index contributed by atoms with van der Waals surface area (Å²) in [5, 5.41) is 17.7. The minimum atomic E-state index is -1.05. The third-order valence-electron chi connectivity index (χ3n) is 3.60. The fraction of sp³-hybridized carbons (Fsp3) is 0.438. The minimum Gasteiger partial charge on any atom is -0.484 e. The molecule has 0 unspecified atom stereocenters. The Hall–Kier alpha value is -2.59. The van der Waals surface area contributed by atoms with Gasteiger partial charge in [-0.25, -0.2) is 0 Å². The van der Waals surface area contributed by atoms with E-state index in [1.807, 2.05) is 6.07 Å². The van der Waals surface area contributed by atoms with Gasteiger partial charge in [-0.05, 0) is 37.1 Å². The molecule has 0 bridgehead atoms. The Labute approximate surface area is 134 Å². The van der Waals surface area contributed by atoms with Gasteiger partial charge in [0.25, 0.3) is 5.91 Å². The second-order valence-electron chi connectivity index (χ2n) is 5.18. The lowest BCUT2D eigenvalue weighted by Crippen LogP contribution is -2.47. The highest BCUT2D eigenvalue weighted by Crippen LogP contribution is 2.16. The number of nitriles is 1. The monoisotopic (exact) mass is 318 g/mol. The fourth-order valence-corrected chi connectivity index (χ4v) is 2.42. The van der Waals surface area contributed by atoms with Gasteiger partial charge in [0.2, 0.25) is 0 Å². The molecule has 1 N–H and O–H groups in total. The molecule has 7 nitrogen and oxygen atoms in total. The van der Waals surface area contributed by atoms with Crippen LogP contribution in [0.2, 0.25) is 0 Å². The number of carbonyl (C=O) groups excluding carboxylic acids is 1. The Morgan fingerprint density at radius 3 is 2.52 bits per heavy atom. The molecule has 0 aromatic heterocycles. The van der Waals surface area contributed by atoms with E-state index in [-0.39, 0.29) is 25.1 Å². The topological polar surface area (TPSA) is 99.9 Å². The van der Waals surface area contributed by atoms with Gasteiger partial charge in [0.1, 0.15) is 12.3 Å². The second-order valence-corrected chi connectivity index (χ2v) is 5.18. The predicted molar refractivity (Wildman–Crippen MR) is 79.8 cm³/mol. The highest BCUT2D eigenvalue weighted by Gasteiger charge is 2.27. The summed E-state index contributed by atoms with van der Waals surface area (Å²) in [7, 11) is 0. The van der Waals surface area contributed by atoms with E-state index >= 15 is 0 Å². The van der Waals surface area contributed by atoms with Gasteiger partial charge in [-0.1, -0.05) is 0 Å². The number of nitrogens with zero attached hydrogens (tertiary/aromatic N) is 2. The summed E-state index contributed by atoms with van der Waals surface area (Å²) >= 11 is 0. The van der Waals surface area contributed by atoms with Gasteiger partial charge < -0.3 is 19.5 Å². The number of aliphatic carboxylic acids is 1. The van der Waals surface area contributed by atoms with Crippen LogP contribution in [0.5, 0.6) is 5.75 Å². The van der Waals surface area contributed by atoms with Gasteiger partial charge in [0, 0.05) is 19.3 Å². The maximum Gasteiger partial charge on any atom is 0.323 e. The molecular formula is C16H18N2O5. The van der Waals surface area contributed by atoms with Gasteiger partial charge in [0.15, 0.2) is 6.61 Å². The summed E-state index contributed by atoms with van der Waals surface area (Å²) in [5.41, 5.74) is 0.499. The first-order valence-corrected chi connectivity index (χ1v) is 7.32. The van der Waals surface area contributed by atoms with Gasteiger partial charge in [-0.3, -0.25) is 9.59 Å². The van der Waals surface area contributed by atoms with Crippen molar-refractivity contribution in [3.05, 3.63) is 29.8 Å². The maximum absolute atomic E-state index is 12.3. The number of amides is 1. The van der Waals surface area contributed by atoms with Crippen LogP contribution in [0.15, 0.2) is 24.3 Å². The van der Waals surface area contributed by atoms with Crippen molar-refractivity contribution in [2.24, 2.45) is 0 Å². The number of carboxylic acids is 1. The van der Waals surface area contributed by atoms with E-state index in [0.29, 0.717) is 37.4 Å². The Balaban J connectivity index is 1.95. The number of benzene rings is 1. The molecule has 23 heavy (non-hydrogen) atoms. The SMILES string of the molecule is N#Cc1ccc(OCC(=O)N(CC(=O)O)C2CCOCC2)cc1. The van der Waals surface area contributed by atoms with Crippen LogP contribution in [0.4, 0.5) is 0 Å². The molecule has 0 radical (unpaired) electrons. The van der Waals surface area contributed by atoms with Gasteiger partial charge in [0.05, 0.1) is 11.6 Å². The van der Waals surface area contributed by atoms with Crippen molar-refractivity contribution >= 4 is 11.9 Å². The Bertz CT molecular complexity index is 587. The highest BCUT2D eigenvalue weighted by atomic mass is 16.5. The van der Waals surface area contributed by atoms with E-state index < -0.39 is 5.97 Å². The van der Waals surface area contributed by atoms with E-state index in [2.05, 4.69) is 0 Å².